The quantitative estimate of drug-likeness (QED) is 0.411. The maximum atomic E-state index is 13.5. The summed E-state index contributed by atoms with van der Waals surface area (Å²) in [4.78, 5) is 22.9. The lowest BCUT2D eigenvalue weighted by Gasteiger charge is -2.20. The van der Waals surface area contributed by atoms with Crippen LogP contribution in [0.15, 0.2) is 49.1 Å². The molecule has 1 fully saturated rings. The number of likely N-dealkylation sites (tertiary alicyclic amines) is 1. The molecule has 2 heterocycles. The summed E-state index contributed by atoms with van der Waals surface area (Å²) in [5, 5.41) is 6.06. The van der Waals surface area contributed by atoms with Gasteiger partial charge in [0.1, 0.15) is 23.7 Å². The Hall–Kier alpha value is -3.30. The van der Waals surface area contributed by atoms with Gasteiger partial charge in [0, 0.05) is 23.2 Å². The predicted molar refractivity (Wildman–Crippen MR) is 129 cm³/mol. The Morgan fingerprint density at radius 2 is 2.15 bits per heavy atom. The van der Waals surface area contributed by atoms with Crippen molar-refractivity contribution in [1.82, 2.24) is 14.9 Å². The summed E-state index contributed by atoms with van der Waals surface area (Å²) in [6.45, 7) is 4.53. The second-order valence-electron chi connectivity index (χ2n) is 8.11. The molecule has 7 nitrogen and oxygen atoms in total. The van der Waals surface area contributed by atoms with Crippen molar-refractivity contribution >= 4 is 45.6 Å². The lowest BCUT2D eigenvalue weighted by atomic mass is 10.1. The zero-order chi connectivity index (χ0) is 24.2. The van der Waals surface area contributed by atoms with Crippen LogP contribution in [0.4, 0.5) is 26.0 Å². The fourth-order valence-electron chi connectivity index (χ4n) is 3.95. The molecule has 2 N–H and O–H groups in total. The summed E-state index contributed by atoms with van der Waals surface area (Å²) in [7, 11) is 2.09. The smallest absolute Gasteiger partial charge is 0.283 e. The van der Waals surface area contributed by atoms with Crippen LogP contribution in [-0.4, -0.2) is 47.0 Å². The molecule has 0 bridgehead atoms. The van der Waals surface area contributed by atoms with Crippen molar-refractivity contribution < 1.29 is 18.3 Å². The zero-order valence-corrected chi connectivity index (χ0v) is 19.3. The van der Waals surface area contributed by atoms with Crippen molar-refractivity contribution in [1.29, 1.82) is 0 Å². The van der Waals surface area contributed by atoms with E-state index in [1.165, 1.54) is 24.5 Å². The number of halogens is 3. The average molecular weight is 488 g/mol. The highest BCUT2D eigenvalue weighted by molar-refractivity contribution is 6.31. The van der Waals surface area contributed by atoms with Crippen molar-refractivity contribution in [2.75, 3.05) is 30.8 Å². The van der Waals surface area contributed by atoms with E-state index in [1.807, 2.05) is 0 Å². The number of nitrogens with one attached hydrogen (secondary N) is 2. The number of carbonyl (C=O) groups excluding carboxylic acids is 1. The van der Waals surface area contributed by atoms with Gasteiger partial charge in [-0.15, -0.1) is 0 Å². The molecule has 0 saturated carbocycles. The highest BCUT2D eigenvalue weighted by Crippen LogP contribution is 2.34. The van der Waals surface area contributed by atoms with E-state index in [4.69, 9.17) is 16.3 Å². The maximum Gasteiger partial charge on any atom is 0.283 e. The van der Waals surface area contributed by atoms with Gasteiger partial charge in [-0.3, -0.25) is 4.79 Å². The largest absolute Gasteiger partial charge is 0.491 e. The molecule has 4 rings (SSSR count). The van der Waals surface area contributed by atoms with Crippen LogP contribution >= 0.6 is 11.6 Å². The van der Waals surface area contributed by atoms with Gasteiger partial charge in [0.2, 0.25) is 0 Å². The molecule has 0 spiro atoms. The summed E-state index contributed by atoms with van der Waals surface area (Å²) in [5.74, 6) is -1.89. The van der Waals surface area contributed by atoms with Crippen molar-refractivity contribution in [2.45, 2.75) is 25.3 Å². The molecule has 1 aliphatic heterocycles. The number of aromatic nitrogens is 2. The highest BCUT2D eigenvalue weighted by atomic mass is 35.5. The minimum absolute atomic E-state index is 0.0404. The number of ether oxygens (including phenoxy) is 1. The Balaban J connectivity index is 1.64. The minimum atomic E-state index is -1.12. The van der Waals surface area contributed by atoms with Crippen LogP contribution in [0.25, 0.3) is 10.9 Å². The van der Waals surface area contributed by atoms with Gasteiger partial charge in [-0.2, -0.15) is 0 Å². The van der Waals surface area contributed by atoms with Crippen molar-refractivity contribution in [3.8, 4) is 5.75 Å². The summed E-state index contributed by atoms with van der Waals surface area (Å²) in [6.07, 6.45) is 4.45. The van der Waals surface area contributed by atoms with E-state index in [1.54, 1.807) is 12.1 Å². The molecule has 34 heavy (non-hydrogen) atoms. The van der Waals surface area contributed by atoms with Crippen LogP contribution in [0.3, 0.4) is 0 Å². The van der Waals surface area contributed by atoms with Gasteiger partial charge in [-0.05, 0) is 57.1 Å². The molecule has 2 aromatic carbocycles. The summed E-state index contributed by atoms with van der Waals surface area (Å²) < 4.78 is 32.9. The topological polar surface area (TPSA) is 79.4 Å². The average Bonchev–Trinajstić information content (AvgIpc) is 3.21. The molecular formula is C24H24ClF2N5O2. The first-order chi connectivity index (χ1) is 16.3. The standard InChI is InChI=1S/C24H24ClF2N5O2/c1-14(26)24(33)31-21-11-17-20(12-22(21)34-9-7-16-4-3-8-32(16)2)28-13-29-23(17)30-15-5-6-19(27)18(25)10-15/h5-6,10-13,16H,1,3-4,7-9H2,2H3,(H,31,33)(H,28,29,30). The molecule has 1 atom stereocenters. The van der Waals surface area contributed by atoms with Crippen LogP contribution in [0, 0.1) is 5.82 Å². The Morgan fingerprint density at radius 1 is 1.32 bits per heavy atom. The van der Waals surface area contributed by atoms with Crippen LogP contribution in [0.1, 0.15) is 19.3 Å². The van der Waals surface area contributed by atoms with Gasteiger partial charge >= 0.3 is 0 Å². The lowest BCUT2D eigenvalue weighted by Crippen LogP contribution is -2.26. The van der Waals surface area contributed by atoms with Gasteiger partial charge in [0.15, 0.2) is 5.83 Å². The van der Waals surface area contributed by atoms with Crippen molar-refractivity contribution in [2.24, 2.45) is 0 Å². The molecule has 1 aliphatic rings. The van der Waals surface area contributed by atoms with Crippen molar-refractivity contribution in [3.63, 3.8) is 0 Å². The monoisotopic (exact) mass is 487 g/mol. The van der Waals surface area contributed by atoms with E-state index in [2.05, 4.69) is 39.1 Å². The van der Waals surface area contributed by atoms with E-state index >= 15 is 0 Å². The van der Waals surface area contributed by atoms with E-state index in [0.717, 1.165) is 25.8 Å². The Morgan fingerprint density at radius 3 is 2.85 bits per heavy atom. The predicted octanol–water partition coefficient (Wildman–Crippen LogP) is 5.45. The molecule has 1 aromatic heterocycles. The number of rotatable bonds is 8. The molecule has 1 saturated heterocycles. The Labute approximate surface area is 200 Å². The molecular weight excluding hydrogens is 464 g/mol. The third-order valence-electron chi connectivity index (χ3n) is 5.79. The van der Waals surface area contributed by atoms with E-state index in [-0.39, 0.29) is 10.7 Å². The third kappa shape index (κ3) is 5.43. The molecule has 1 unspecified atom stereocenters. The summed E-state index contributed by atoms with van der Waals surface area (Å²) in [6, 6.07) is 7.88. The molecule has 0 radical (unpaired) electrons. The van der Waals surface area contributed by atoms with E-state index < -0.39 is 17.6 Å². The maximum absolute atomic E-state index is 13.5. The van der Waals surface area contributed by atoms with E-state index in [0.29, 0.717) is 40.8 Å². The van der Waals surface area contributed by atoms with Gasteiger partial charge in [0.25, 0.3) is 5.91 Å². The number of hydrogen-bond donors (Lipinski definition) is 2. The highest BCUT2D eigenvalue weighted by Gasteiger charge is 2.21. The number of benzene rings is 2. The summed E-state index contributed by atoms with van der Waals surface area (Å²) in [5.41, 5.74) is 1.30. The Bertz CT molecular complexity index is 1240. The fourth-order valence-corrected chi connectivity index (χ4v) is 4.13. The first kappa shape index (κ1) is 23.8. The second-order valence-corrected chi connectivity index (χ2v) is 8.52. The molecule has 1 amide bonds. The molecule has 178 valence electrons. The second kappa shape index (κ2) is 10.3. The minimum Gasteiger partial charge on any atom is -0.491 e. The molecule has 10 heteroatoms. The van der Waals surface area contributed by atoms with Gasteiger partial charge in [0.05, 0.1) is 22.8 Å². The van der Waals surface area contributed by atoms with E-state index in [9.17, 15) is 13.6 Å². The number of nitrogens with zero attached hydrogens (tertiary/aromatic N) is 3. The SMILES string of the molecule is C=C(F)C(=O)Nc1cc2c(Nc3ccc(F)c(Cl)c3)ncnc2cc1OCCC1CCCN1C. The first-order valence-corrected chi connectivity index (χ1v) is 11.2. The van der Waals surface area contributed by atoms with Crippen LogP contribution < -0.4 is 15.4 Å². The number of carbonyl (C=O) groups is 1. The first-order valence-electron chi connectivity index (χ1n) is 10.8. The lowest BCUT2D eigenvalue weighted by molar-refractivity contribution is -0.114. The third-order valence-corrected chi connectivity index (χ3v) is 6.08. The molecule has 0 aliphatic carbocycles. The van der Waals surface area contributed by atoms with Gasteiger partial charge in [-0.1, -0.05) is 18.2 Å². The van der Waals surface area contributed by atoms with Crippen LogP contribution in [-0.2, 0) is 4.79 Å². The van der Waals surface area contributed by atoms with Crippen molar-refractivity contribution in [3.05, 3.63) is 59.9 Å². The molecule has 3 aromatic rings. The van der Waals surface area contributed by atoms with Crippen LogP contribution in [0.2, 0.25) is 5.02 Å². The van der Waals surface area contributed by atoms with Gasteiger partial charge in [-0.25, -0.2) is 18.7 Å². The summed E-state index contributed by atoms with van der Waals surface area (Å²) >= 11 is 5.88. The van der Waals surface area contributed by atoms with Gasteiger partial charge < -0.3 is 20.3 Å². The van der Waals surface area contributed by atoms with Crippen LogP contribution in [0.5, 0.6) is 5.75 Å². The normalized spacial score (nSPS) is 15.9. The number of amides is 1. The Kier molecular flexibility index (Phi) is 7.23. The fraction of sp³-hybridized carbons (Fsp3) is 0.292. The number of fused-ring (bicyclic) bond motifs is 1. The number of anilines is 3. The number of hydrogen-bond acceptors (Lipinski definition) is 6. The zero-order valence-electron chi connectivity index (χ0n) is 18.6.